The molecule has 0 bridgehead atoms. The minimum absolute atomic E-state index is 0.0278. The standard InChI is InChI=1S/C29H27NO6S2/c1-29(28(31)36-2)27(38(34,35)24-15-7-4-8-16-24)26(37(32,33)23-13-5-3-6-14-23)25(30-29)22-18-17-20-11-9-10-12-21(20)19-22/h3-19,25-27,30H,1-2H3/t25-,26+,27-,29-/m0/s1. The van der Waals surface area contributed by atoms with Crippen molar-refractivity contribution in [2.75, 3.05) is 7.11 Å². The van der Waals surface area contributed by atoms with Gasteiger partial charge in [0.2, 0.25) is 0 Å². The van der Waals surface area contributed by atoms with E-state index < -0.39 is 47.7 Å². The van der Waals surface area contributed by atoms with Crippen molar-refractivity contribution in [2.45, 2.75) is 38.8 Å². The van der Waals surface area contributed by atoms with Gasteiger partial charge in [0.15, 0.2) is 19.7 Å². The van der Waals surface area contributed by atoms with Crippen molar-refractivity contribution in [1.29, 1.82) is 0 Å². The quantitative estimate of drug-likeness (QED) is 0.361. The Balaban J connectivity index is 1.80. The molecule has 1 fully saturated rings. The third-order valence-corrected chi connectivity index (χ3v) is 12.0. The fraction of sp³-hybridized carbons (Fsp3) is 0.207. The van der Waals surface area contributed by atoms with Crippen LogP contribution in [0.3, 0.4) is 0 Å². The number of esters is 1. The van der Waals surface area contributed by atoms with Crippen molar-refractivity contribution in [2.24, 2.45) is 0 Å². The number of nitrogens with one attached hydrogen (secondary N) is 1. The Labute approximate surface area is 222 Å². The first kappa shape index (κ1) is 26.1. The van der Waals surface area contributed by atoms with Gasteiger partial charge >= 0.3 is 5.97 Å². The van der Waals surface area contributed by atoms with E-state index in [4.69, 9.17) is 4.74 Å². The van der Waals surface area contributed by atoms with Crippen LogP contribution in [0.1, 0.15) is 18.5 Å². The van der Waals surface area contributed by atoms with Gasteiger partial charge in [-0.15, -0.1) is 0 Å². The van der Waals surface area contributed by atoms with Crippen LogP contribution in [-0.2, 0) is 29.2 Å². The summed E-state index contributed by atoms with van der Waals surface area (Å²) in [6, 6.07) is 27.3. The molecular formula is C29H27NO6S2. The summed E-state index contributed by atoms with van der Waals surface area (Å²) in [4.78, 5) is 13.2. The van der Waals surface area contributed by atoms with Crippen LogP contribution in [0.4, 0.5) is 0 Å². The largest absolute Gasteiger partial charge is 0.468 e. The third-order valence-electron chi connectivity index (χ3n) is 7.23. The van der Waals surface area contributed by atoms with Crippen LogP contribution in [-0.4, -0.2) is 46.0 Å². The van der Waals surface area contributed by atoms with Crippen LogP contribution in [0.2, 0.25) is 0 Å². The van der Waals surface area contributed by atoms with E-state index in [9.17, 15) is 21.6 Å². The molecule has 1 aliphatic heterocycles. The zero-order valence-corrected chi connectivity index (χ0v) is 22.4. The molecule has 0 radical (unpaired) electrons. The van der Waals surface area contributed by atoms with Crippen LogP contribution in [0.25, 0.3) is 10.8 Å². The number of methoxy groups -OCH3 is 1. The second kappa shape index (κ2) is 9.65. The maximum Gasteiger partial charge on any atom is 0.327 e. The lowest BCUT2D eigenvalue weighted by atomic mass is 9.98. The molecule has 5 rings (SSSR count). The van der Waals surface area contributed by atoms with Crippen molar-refractivity contribution < 1.29 is 26.4 Å². The van der Waals surface area contributed by atoms with Crippen molar-refractivity contribution in [3.63, 3.8) is 0 Å². The topological polar surface area (TPSA) is 107 Å². The van der Waals surface area contributed by atoms with Crippen molar-refractivity contribution in [3.05, 3.63) is 109 Å². The van der Waals surface area contributed by atoms with Gasteiger partial charge in [0.05, 0.1) is 22.9 Å². The normalized spacial score (nSPS) is 23.8. The van der Waals surface area contributed by atoms with Gasteiger partial charge in [-0.25, -0.2) is 16.8 Å². The Morgan fingerprint density at radius 3 is 1.84 bits per heavy atom. The summed E-state index contributed by atoms with van der Waals surface area (Å²) in [7, 11) is -7.50. The van der Waals surface area contributed by atoms with Gasteiger partial charge in [-0.05, 0) is 53.6 Å². The third kappa shape index (κ3) is 4.20. The number of benzene rings is 4. The van der Waals surface area contributed by atoms with Crippen LogP contribution < -0.4 is 5.32 Å². The van der Waals surface area contributed by atoms with E-state index in [1.807, 2.05) is 36.4 Å². The number of carbonyl (C=O) groups excluding carboxylic acids is 1. The lowest BCUT2D eigenvalue weighted by Crippen LogP contribution is -2.57. The van der Waals surface area contributed by atoms with Gasteiger partial charge in [0.25, 0.3) is 0 Å². The molecule has 1 N–H and O–H groups in total. The smallest absolute Gasteiger partial charge is 0.327 e. The first-order valence-electron chi connectivity index (χ1n) is 12.0. The molecule has 0 aromatic heterocycles. The maximum absolute atomic E-state index is 14.3. The van der Waals surface area contributed by atoms with E-state index in [2.05, 4.69) is 5.32 Å². The van der Waals surface area contributed by atoms with Crippen LogP contribution in [0, 0.1) is 0 Å². The Kier molecular flexibility index (Phi) is 6.63. The molecule has 0 spiro atoms. The molecule has 4 aromatic carbocycles. The Morgan fingerprint density at radius 2 is 1.26 bits per heavy atom. The van der Waals surface area contributed by atoms with Crippen molar-refractivity contribution >= 4 is 36.4 Å². The van der Waals surface area contributed by atoms with Crippen LogP contribution in [0.5, 0.6) is 0 Å². The molecule has 7 nitrogen and oxygen atoms in total. The number of fused-ring (bicyclic) bond motifs is 1. The van der Waals surface area contributed by atoms with Crippen LogP contribution in [0.15, 0.2) is 113 Å². The minimum Gasteiger partial charge on any atom is -0.468 e. The molecule has 1 saturated heterocycles. The molecule has 9 heteroatoms. The highest BCUT2D eigenvalue weighted by Gasteiger charge is 2.65. The second-order valence-corrected chi connectivity index (χ2v) is 13.7. The first-order chi connectivity index (χ1) is 18.1. The second-order valence-electron chi connectivity index (χ2n) is 9.52. The molecule has 0 unspecified atom stereocenters. The number of sulfone groups is 2. The molecule has 38 heavy (non-hydrogen) atoms. The zero-order chi connectivity index (χ0) is 27.1. The maximum atomic E-state index is 14.3. The van der Waals surface area contributed by atoms with E-state index >= 15 is 0 Å². The van der Waals surface area contributed by atoms with Gasteiger partial charge in [-0.2, -0.15) is 0 Å². The summed E-state index contributed by atoms with van der Waals surface area (Å²) < 4.78 is 62.2. The molecule has 196 valence electrons. The summed E-state index contributed by atoms with van der Waals surface area (Å²) in [5, 5.41) is 1.69. The number of hydrogen-bond acceptors (Lipinski definition) is 7. The molecule has 1 aliphatic rings. The van der Waals surface area contributed by atoms with Crippen molar-refractivity contribution in [3.8, 4) is 0 Å². The van der Waals surface area contributed by atoms with Gasteiger partial charge in [-0.3, -0.25) is 10.1 Å². The first-order valence-corrected chi connectivity index (χ1v) is 15.1. The van der Waals surface area contributed by atoms with E-state index in [0.29, 0.717) is 5.56 Å². The van der Waals surface area contributed by atoms with Crippen LogP contribution >= 0.6 is 0 Å². The van der Waals surface area contributed by atoms with E-state index in [-0.39, 0.29) is 9.79 Å². The van der Waals surface area contributed by atoms with E-state index in [1.54, 1.807) is 42.5 Å². The molecule has 4 aromatic rings. The molecule has 0 aliphatic carbocycles. The highest BCUT2D eigenvalue weighted by atomic mass is 32.2. The molecular weight excluding hydrogens is 522 g/mol. The summed E-state index contributed by atoms with van der Waals surface area (Å²) in [6.45, 7) is 1.40. The molecule has 4 atom stereocenters. The monoisotopic (exact) mass is 549 g/mol. The Hall–Kier alpha value is -3.53. The number of rotatable bonds is 6. The SMILES string of the molecule is COC(=O)[C@@]1(C)N[C@@H](c2ccc3ccccc3c2)[C@@H](S(=O)(=O)c2ccccc2)[C@@H]1S(=O)(=O)c1ccccc1. The van der Waals surface area contributed by atoms with Gasteiger partial charge < -0.3 is 4.74 Å². The average molecular weight is 550 g/mol. The van der Waals surface area contributed by atoms with Crippen molar-refractivity contribution in [1.82, 2.24) is 5.32 Å². The zero-order valence-electron chi connectivity index (χ0n) is 20.8. The highest BCUT2D eigenvalue weighted by Crippen LogP contribution is 2.46. The summed E-state index contributed by atoms with van der Waals surface area (Å²) in [5.41, 5.74) is -1.32. The lowest BCUT2D eigenvalue weighted by Gasteiger charge is -2.30. The molecule has 0 saturated carbocycles. The molecule has 1 heterocycles. The minimum atomic E-state index is -4.37. The van der Waals surface area contributed by atoms with E-state index in [1.165, 1.54) is 31.2 Å². The predicted molar refractivity (Wildman–Crippen MR) is 145 cm³/mol. The van der Waals surface area contributed by atoms with Gasteiger partial charge in [-0.1, -0.05) is 72.8 Å². The fourth-order valence-corrected chi connectivity index (χ4v) is 10.4. The van der Waals surface area contributed by atoms with Gasteiger partial charge in [0.1, 0.15) is 16.0 Å². The summed E-state index contributed by atoms with van der Waals surface area (Å²) >= 11 is 0. The summed E-state index contributed by atoms with van der Waals surface area (Å²) in [5.74, 6) is -0.862. The predicted octanol–water partition coefficient (Wildman–Crippen LogP) is 4.10. The number of ether oxygens (including phenoxy) is 1. The number of carbonyl (C=O) groups is 1. The summed E-state index contributed by atoms with van der Waals surface area (Å²) in [6.07, 6.45) is 0. The lowest BCUT2D eigenvalue weighted by molar-refractivity contribution is -0.147. The average Bonchev–Trinajstić information content (AvgIpc) is 3.29. The Bertz CT molecular complexity index is 1710. The highest BCUT2D eigenvalue weighted by molar-refractivity contribution is 7.96. The number of hydrogen-bond donors (Lipinski definition) is 1. The fourth-order valence-electron chi connectivity index (χ4n) is 5.40. The Morgan fingerprint density at radius 1 is 0.737 bits per heavy atom. The van der Waals surface area contributed by atoms with E-state index in [0.717, 1.165) is 17.9 Å². The van der Waals surface area contributed by atoms with Gasteiger partial charge in [0, 0.05) is 0 Å². The molecule has 0 amide bonds.